The number of nitro groups is 1. The Bertz CT molecular complexity index is 1290. The highest BCUT2D eigenvalue weighted by Crippen LogP contribution is 2.58. The molecule has 34 heavy (non-hydrogen) atoms. The van der Waals surface area contributed by atoms with Gasteiger partial charge in [-0.05, 0) is 55.2 Å². The van der Waals surface area contributed by atoms with Gasteiger partial charge in [0.05, 0.1) is 21.2 Å². The third kappa shape index (κ3) is 3.97. The van der Waals surface area contributed by atoms with Crippen molar-refractivity contribution in [1.29, 1.82) is 0 Å². The van der Waals surface area contributed by atoms with Crippen LogP contribution in [0.3, 0.4) is 0 Å². The second kappa shape index (κ2) is 9.04. The molecule has 1 aliphatic heterocycles. The summed E-state index contributed by atoms with van der Waals surface area (Å²) in [6.45, 7) is 1.53. The van der Waals surface area contributed by atoms with E-state index in [1.807, 2.05) is 18.2 Å². The fraction of sp³-hybridized carbons (Fsp3) is 0.269. The van der Waals surface area contributed by atoms with Gasteiger partial charge in [-0.3, -0.25) is 14.9 Å². The maximum absolute atomic E-state index is 14.9. The van der Waals surface area contributed by atoms with Crippen LogP contribution in [0.1, 0.15) is 46.8 Å². The molecule has 1 heterocycles. The number of thioether (sulfide) groups is 1. The average Bonchev–Trinajstić information content (AvgIpc) is 3.15. The molecule has 0 saturated heterocycles. The van der Waals surface area contributed by atoms with E-state index in [1.165, 1.54) is 30.8 Å². The third-order valence-corrected chi connectivity index (χ3v) is 8.91. The van der Waals surface area contributed by atoms with Crippen LogP contribution in [0.15, 0.2) is 71.6 Å². The second-order valence-corrected chi connectivity index (χ2v) is 10.5. The van der Waals surface area contributed by atoms with Crippen molar-refractivity contribution in [3.8, 4) is 0 Å². The lowest BCUT2D eigenvalue weighted by molar-refractivity contribution is -0.387. The molecular formula is C26H22ClFN2O3S. The van der Waals surface area contributed by atoms with Gasteiger partial charge in [0, 0.05) is 34.0 Å². The number of carbonyl (C=O) groups excluding carboxylic acids is 1. The van der Waals surface area contributed by atoms with Gasteiger partial charge in [0.15, 0.2) is 5.78 Å². The summed E-state index contributed by atoms with van der Waals surface area (Å²) >= 11 is 8.49. The van der Waals surface area contributed by atoms with E-state index < -0.39 is 0 Å². The van der Waals surface area contributed by atoms with E-state index in [0.717, 1.165) is 11.3 Å². The monoisotopic (exact) mass is 496 g/mol. The first-order valence-corrected chi connectivity index (χ1v) is 12.4. The highest BCUT2D eigenvalue weighted by molar-refractivity contribution is 8.00. The normalized spacial score (nSPS) is 25.2. The summed E-state index contributed by atoms with van der Waals surface area (Å²) in [5, 5.41) is 14.6. The fourth-order valence-electron chi connectivity index (χ4n) is 5.24. The molecule has 3 aromatic rings. The summed E-state index contributed by atoms with van der Waals surface area (Å²) < 4.78 is 14.9. The molecule has 174 valence electrons. The molecule has 3 aromatic carbocycles. The lowest BCUT2D eigenvalue weighted by Gasteiger charge is -2.38. The molecule has 2 aliphatic rings. The summed E-state index contributed by atoms with van der Waals surface area (Å²) in [5.41, 5.74) is 2.99. The van der Waals surface area contributed by atoms with E-state index in [-0.39, 0.29) is 50.7 Å². The maximum atomic E-state index is 14.9. The number of hydrogen-bond donors (Lipinski definition) is 1. The van der Waals surface area contributed by atoms with Crippen LogP contribution in [0, 0.1) is 21.8 Å². The van der Waals surface area contributed by atoms with Crippen molar-refractivity contribution in [3.63, 3.8) is 0 Å². The van der Waals surface area contributed by atoms with Gasteiger partial charge >= 0.3 is 0 Å². The number of carbonyl (C=O) groups is 1. The minimum Gasteiger partial charge on any atom is -0.378 e. The number of rotatable bonds is 5. The van der Waals surface area contributed by atoms with E-state index in [1.54, 1.807) is 36.4 Å². The van der Waals surface area contributed by atoms with Gasteiger partial charge in [-0.15, -0.1) is 23.4 Å². The highest BCUT2D eigenvalue weighted by atomic mass is 35.5. The smallest absolute Gasteiger partial charge is 0.282 e. The van der Waals surface area contributed by atoms with Gasteiger partial charge in [-0.2, -0.15) is 0 Å². The summed E-state index contributed by atoms with van der Waals surface area (Å²) in [6, 6.07) is 18.6. The summed E-state index contributed by atoms with van der Waals surface area (Å²) in [4.78, 5) is 23.8. The molecule has 0 bridgehead atoms. The molecule has 0 aromatic heterocycles. The summed E-state index contributed by atoms with van der Waals surface area (Å²) in [5.74, 6) is -0.509. The molecule has 0 spiro atoms. The van der Waals surface area contributed by atoms with E-state index in [9.17, 15) is 19.3 Å². The average molecular weight is 497 g/mol. The number of nitrogens with zero attached hydrogens (tertiary/aromatic N) is 1. The van der Waals surface area contributed by atoms with Gasteiger partial charge in [0.2, 0.25) is 0 Å². The Kier molecular flexibility index (Phi) is 6.08. The van der Waals surface area contributed by atoms with Crippen molar-refractivity contribution < 1.29 is 14.1 Å². The SMILES string of the molecule is CC(=O)c1ccc2c(c1)[C@H]1[C@@H](Cl)[C@@H](Sc3ccccc3[N+](=O)[O-])C[C@H]1[C@H](c1ccccc1F)N2. The number of ketones is 1. The molecule has 0 radical (unpaired) electrons. The van der Waals surface area contributed by atoms with Crippen LogP contribution >= 0.6 is 23.4 Å². The molecule has 8 heteroatoms. The Morgan fingerprint density at radius 1 is 1.12 bits per heavy atom. The molecule has 0 amide bonds. The van der Waals surface area contributed by atoms with Crippen LogP contribution in [0.25, 0.3) is 0 Å². The molecule has 0 unspecified atom stereocenters. The van der Waals surface area contributed by atoms with Crippen LogP contribution in [0.4, 0.5) is 15.8 Å². The standard InChI is InChI=1S/C26H22ClFN2O3S/c1-14(31)15-10-11-20-17(12-15)24-18(26(29-20)16-6-2-3-7-19(16)28)13-23(25(24)27)34-22-9-5-4-8-21(22)30(32)33/h2-12,18,23-26,29H,13H2,1H3/t18-,23+,24-,25+,26+/m1/s1. The van der Waals surface area contributed by atoms with Crippen LogP contribution in [-0.4, -0.2) is 21.3 Å². The largest absolute Gasteiger partial charge is 0.378 e. The number of benzene rings is 3. The number of para-hydroxylation sites is 1. The number of Topliss-reactive ketones (excluding diaryl/α,β-unsaturated/α-hetero) is 1. The number of halogens is 2. The molecule has 1 fully saturated rings. The maximum Gasteiger partial charge on any atom is 0.282 e. The van der Waals surface area contributed by atoms with Gasteiger partial charge in [0.1, 0.15) is 5.82 Å². The van der Waals surface area contributed by atoms with Gasteiger partial charge in [-0.25, -0.2) is 4.39 Å². The first-order valence-electron chi connectivity index (χ1n) is 11.0. The summed E-state index contributed by atoms with van der Waals surface area (Å²) in [7, 11) is 0. The molecule has 5 rings (SSSR count). The van der Waals surface area contributed by atoms with Gasteiger partial charge in [-0.1, -0.05) is 30.3 Å². The predicted octanol–water partition coefficient (Wildman–Crippen LogP) is 6.98. The van der Waals surface area contributed by atoms with Crippen LogP contribution in [0.5, 0.6) is 0 Å². The van der Waals surface area contributed by atoms with Crippen LogP contribution in [0.2, 0.25) is 0 Å². The summed E-state index contributed by atoms with van der Waals surface area (Å²) in [6.07, 6.45) is 0.644. The number of fused-ring (bicyclic) bond motifs is 3. The Morgan fingerprint density at radius 2 is 1.85 bits per heavy atom. The first-order chi connectivity index (χ1) is 16.3. The molecular weight excluding hydrogens is 475 g/mol. The Labute approximate surface area is 205 Å². The molecule has 1 aliphatic carbocycles. The third-order valence-electron chi connectivity index (χ3n) is 6.80. The van der Waals surface area contributed by atoms with Crippen molar-refractivity contribution in [2.24, 2.45) is 5.92 Å². The highest BCUT2D eigenvalue weighted by Gasteiger charge is 2.50. The van der Waals surface area contributed by atoms with Crippen molar-refractivity contribution in [3.05, 3.63) is 99.4 Å². The number of anilines is 1. The van der Waals surface area contributed by atoms with Crippen molar-refractivity contribution in [2.45, 2.75) is 40.8 Å². The van der Waals surface area contributed by atoms with E-state index >= 15 is 0 Å². The number of nitro benzene ring substituents is 1. The lowest BCUT2D eigenvalue weighted by Crippen LogP contribution is -2.31. The van der Waals surface area contributed by atoms with Crippen LogP contribution < -0.4 is 5.32 Å². The van der Waals surface area contributed by atoms with Gasteiger partial charge < -0.3 is 5.32 Å². The van der Waals surface area contributed by atoms with E-state index in [2.05, 4.69) is 5.32 Å². The number of alkyl halides is 1. The van der Waals surface area contributed by atoms with E-state index in [0.29, 0.717) is 22.4 Å². The van der Waals surface area contributed by atoms with Gasteiger partial charge in [0.25, 0.3) is 5.69 Å². The molecule has 5 nitrogen and oxygen atoms in total. The lowest BCUT2D eigenvalue weighted by atomic mass is 9.76. The number of nitrogens with one attached hydrogen (secondary N) is 1. The Balaban J connectivity index is 1.57. The molecule has 5 atom stereocenters. The topological polar surface area (TPSA) is 72.2 Å². The van der Waals surface area contributed by atoms with Crippen molar-refractivity contribution in [1.82, 2.24) is 0 Å². The minimum absolute atomic E-state index is 0.0365. The van der Waals surface area contributed by atoms with Crippen molar-refractivity contribution in [2.75, 3.05) is 5.32 Å². The molecule has 1 saturated carbocycles. The van der Waals surface area contributed by atoms with Crippen LogP contribution in [-0.2, 0) is 0 Å². The Hall–Kier alpha value is -2.90. The fourth-order valence-corrected chi connectivity index (χ4v) is 7.19. The zero-order chi connectivity index (χ0) is 24.0. The first kappa shape index (κ1) is 22.9. The quantitative estimate of drug-likeness (QED) is 0.178. The molecule has 1 N–H and O–H groups in total. The number of hydrogen-bond acceptors (Lipinski definition) is 5. The van der Waals surface area contributed by atoms with Crippen molar-refractivity contribution >= 4 is 40.5 Å². The Morgan fingerprint density at radius 3 is 2.59 bits per heavy atom. The van der Waals surface area contributed by atoms with E-state index in [4.69, 9.17) is 11.6 Å². The second-order valence-electron chi connectivity index (χ2n) is 8.75. The zero-order valence-corrected chi connectivity index (χ0v) is 19.9. The predicted molar refractivity (Wildman–Crippen MR) is 132 cm³/mol. The zero-order valence-electron chi connectivity index (χ0n) is 18.3. The minimum atomic E-state index is -0.383.